The zero-order valence-electron chi connectivity index (χ0n) is 13.2. The zero-order chi connectivity index (χ0) is 18.9. The van der Waals surface area contributed by atoms with Crippen molar-refractivity contribution < 1.29 is 22.7 Å². The Labute approximate surface area is 161 Å². The van der Waals surface area contributed by atoms with Crippen LogP contribution in [0.4, 0.5) is 24.5 Å². The molecule has 1 aliphatic heterocycles. The second-order valence-corrected chi connectivity index (χ2v) is 7.80. The molecule has 1 aromatic carbocycles. The van der Waals surface area contributed by atoms with Crippen LogP contribution in [0, 0.1) is 0 Å². The Balaban J connectivity index is 1.90. The van der Waals surface area contributed by atoms with Crippen LogP contribution in [0.25, 0.3) is 0 Å². The number of thiophene rings is 1. The maximum Gasteiger partial charge on any atom is 0.418 e. The number of hydrogen-bond donors (Lipinski definition) is 1. The van der Waals surface area contributed by atoms with E-state index >= 15 is 0 Å². The predicted molar refractivity (Wildman–Crippen MR) is 96.8 cm³/mol. The van der Waals surface area contributed by atoms with Gasteiger partial charge in [-0.05, 0) is 24.3 Å². The average molecular weight is 425 g/mol. The summed E-state index contributed by atoms with van der Waals surface area (Å²) in [7, 11) is 0. The summed E-state index contributed by atoms with van der Waals surface area (Å²) in [5.74, 6) is -0.747. The Morgan fingerprint density at radius 2 is 1.88 bits per heavy atom. The molecule has 0 aliphatic carbocycles. The van der Waals surface area contributed by atoms with E-state index in [9.17, 15) is 18.0 Å². The number of benzene rings is 1. The summed E-state index contributed by atoms with van der Waals surface area (Å²) in [6.45, 7) is 1.92. The van der Waals surface area contributed by atoms with E-state index in [1.165, 1.54) is 12.1 Å². The van der Waals surface area contributed by atoms with Crippen LogP contribution in [-0.2, 0) is 10.9 Å². The standard InChI is InChI=1S/C16H13Cl2F3N2O2S/c17-13-8-10(14(18)26-13)15(24)22-12-2-1-9(7-11(12)16(19,20)21)23-3-5-25-6-4-23/h1-2,7-8H,3-6H2,(H,22,24). The van der Waals surface area contributed by atoms with Crippen LogP contribution < -0.4 is 10.2 Å². The molecule has 3 rings (SSSR count). The molecule has 0 bridgehead atoms. The third kappa shape index (κ3) is 4.25. The first kappa shape index (κ1) is 19.3. The Morgan fingerprint density at radius 1 is 1.19 bits per heavy atom. The molecule has 1 N–H and O–H groups in total. The second kappa shape index (κ2) is 7.64. The summed E-state index contributed by atoms with van der Waals surface area (Å²) >= 11 is 12.6. The van der Waals surface area contributed by atoms with E-state index < -0.39 is 17.6 Å². The minimum absolute atomic E-state index is 0.0343. The molecule has 1 aliphatic rings. The minimum Gasteiger partial charge on any atom is -0.378 e. The van der Waals surface area contributed by atoms with Crippen LogP contribution in [0.5, 0.6) is 0 Å². The highest BCUT2D eigenvalue weighted by Crippen LogP contribution is 2.38. The molecular formula is C16H13Cl2F3N2O2S. The molecular weight excluding hydrogens is 412 g/mol. The van der Waals surface area contributed by atoms with Crippen LogP contribution >= 0.6 is 34.5 Å². The third-order valence-corrected chi connectivity index (χ3v) is 5.32. The Morgan fingerprint density at radius 3 is 2.46 bits per heavy atom. The van der Waals surface area contributed by atoms with E-state index in [1.54, 1.807) is 11.0 Å². The Hall–Kier alpha value is -1.48. The van der Waals surface area contributed by atoms with Gasteiger partial charge in [-0.1, -0.05) is 23.2 Å². The van der Waals surface area contributed by atoms with Gasteiger partial charge in [0.1, 0.15) is 4.34 Å². The number of nitrogens with zero attached hydrogens (tertiary/aromatic N) is 1. The molecule has 1 fully saturated rings. The molecule has 0 atom stereocenters. The molecule has 0 spiro atoms. The molecule has 10 heteroatoms. The van der Waals surface area contributed by atoms with E-state index in [1.807, 2.05) is 0 Å². The van der Waals surface area contributed by atoms with Gasteiger partial charge in [0.2, 0.25) is 0 Å². The van der Waals surface area contributed by atoms with Crippen LogP contribution in [0.1, 0.15) is 15.9 Å². The molecule has 1 amide bonds. The van der Waals surface area contributed by atoms with Crippen molar-refractivity contribution >= 4 is 51.8 Å². The number of morpholine rings is 1. The molecule has 0 saturated carbocycles. The van der Waals surface area contributed by atoms with Gasteiger partial charge in [-0.3, -0.25) is 4.79 Å². The topological polar surface area (TPSA) is 41.6 Å². The van der Waals surface area contributed by atoms with Crippen molar-refractivity contribution in [3.05, 3.63) is 44.1 Å². The van der Waals surface area contributed by atoms with Crippen LogP contribution in [0.15, 0.2) is 24.3 Å². The quantitative estimate of drug-likeness (QED) is 0.739. The first-order valence-corrected chi connectivity index (χ1v) is 9.13. The lowest BCUT2D eigenvalue weighted by molar-refractivity contribution is -0.136. The summed E-state index contributed by atoms with van der Waals surface area (Å²) in [6, 6.07) is 5.13. The summed E-state index contributed by atoms with van der Waals surface area (Å²) in [5, 5.41) is 2.28. The normalized spacial score (nSPS) is 15.2. The van der Waals surface area contributed by atoms with E-state index in [2.05, 4.69) is 5.32 Å². The number of carbonyl (C=O) groups is 1. The Bertz CT molecular complexity index is 820. The number of hydrogen-bond acceptors (Lipinski definition) is 4. The van der Waals surface area contributed by atoms with E-state index in [0.717, 1.165) is 17.4 Å². The largest absolute Gasteiger partial charge is 0.418 e. The highest BCUT2D eigenvalue weighted by molar-refractivity contribution is 7.20. The fourth-order valence-electron chi connectivity index (χ4n) is 2.58. The van der Waals surface area contributed by atoms with Gasteiger partial charge in [0.25, 0.3) is 5.91 Å². The number of amides is 1. The number of rotatable bonds is 3. The fraction of sp³-hybridized carbons (Fsp3) is 0.312. The van der Waals surface area contributed by atoms with Gasteiger partial charge in [0, 0.05) is 18.8 Å². The lowest BCUT2D eigenvalue weighted by atomic mass is 10.1. The molecule has 140 valence electrons. The molecule has 26 heavy (non-hydrogen) atoms. The summed E-state index contributed by atoms with van der Waals surface area (Å²) in [5.41, 5.74) is -0.799. The monoisotopic (exact) mass is 424 g/mol. The van der Waals surface area contributed by atoms with E-state index in [0.29, 0.717) is 32.0 Å². The lowest BCUT2D eigenvalue weighted by Gasteiger charge is -2.29. The summed E-state index contributed by atoms with van der Waals surface area (Å²) in [6.07, 6.45) is -4.62. The molecule has 0 unspecified atom stereocenters. The van der Waals surface area contributed by atoms with Crippen molar-refractivity contribution in [2.24, 2.45) is 0 Å². The fourth-order valence-corrected chi connectivity index (χ4v) is 4.04. The number of nitrogens with one attached hydrogen (secondary N) is 1. The van der Waals surface area contributed by atoms with E-state index in [4.69, 9.17) is 27.9 Å². The molecule has 1 saturated heterocycles. The van der Waals surface area contributed by atoms with Crippen LogP contribution in [0.2, 0.25) is 8.67 Å². The average Bonchev–Trinajstić information content (AvgIpc) is 2.93. The maximum absolute atomic E-state index is 13.5. The third-order valence-electron chi connectivity index (χ3n) is 3.83. The Kier molecular flexibility index (Phi) is 5.67. The first-order chi connectivity index (χ1) is 12.3. The summed E-state index contributed by atoms with van der Waals surface area (Å²) in [4.78, 5) is 14.1. The van der Waals surface area contributed by atoms with Gasteiger partial charge in [-0.2, -0.15) is 13.2 Å². The first-order valence-electron chi connectivity index (χ1n) is 7.56. The number of anilines is 2. The van der Waals surface area contributed by atoms with Crippen molar-refractivity contribution in [1.82, 2.24) is 0 Å². The smallest absolute Gasteiger partial charge is 0.378 e. The lowest BCUT2D eigenvalue weighted by Crippen LogP contribution is -2.36. The van der Waals surface area contributed by atoms with Gasteiger partial charge >= 0.3 is 6.18 Å². The molecule has 2 heterocycles. The SMILES string of the molecule is O=C(Nc1ccc(N2CCOCC2)cc1C(F)(F)F)c1cc(Cl)sc1Cl. The van der Waals surface area contributed by atoms with Gasteiger partial charge in [0.05, 0.1) is 34.4 Å². The van der Waals surface area contributed by atoms with Crippen LogP contribution in [0.3, 0.4) is 0 Å². The highest BCUT2D eigenvalue weighted by atomic mass is 35.5. The number of alkyl halides is 3. The molecule has 2 aromatic rings. The van der Waals surface area contributed by atoms with Gasteiger partial charge in [0.15, 0.2) is 0 Å². The number of ether oxygens (including phenoxy) is 1. The second-order valence-electron chi connectivity index (χ2n) is 5.52. The van der Waals surface area contributed by atoms with Gasteiger partial charge < -0.3 is 15.0 Å². The maximum atomic E-state index is 13.5. The number of carbonyl (C=O) groups excluding carboxylic acids is 1. The highest BCUT2D eigenvalue weighted by Gasteiger charge is 2.35. The molecule has 1 aromatic heterocycles. The molecule has 0 radical (unpaired) electrons. The minimum atomic E-state index is -4.62. The molecule has 4 nitrogen and oxygen atoms in total. The van der Waals surface area contributed by atoms with E-state index in [-0.39, 0.29) is 19.9 Å². The van der Waals surface area contributed by atoms with Crippen molar-refractivity contribution in [1.29, 1.82) is 0 Å². The van der Waals surface area contributed by atoms with Gasteiger partial charge in [-0.25, -0.2) is 0 Å². The van der Waals surface area contributed by atoms with Crippen molar-refractivity contribution in [2.75, 3.05) is 36.5 Å². The van der Waals surface area contributed by atoms with Crippen molar-refractivity contribution in [2.45, 2.75) is 6.18 Å². The zero-order valence-corrected chi connectivity index (χ0v) is 15.5. The predicted octanol–water partition coefficient (Wildman–Crippen LogP) is 5.16. The van der Waals surface area contributed by atoms with Crippen LogP contribution in [-0.4, -0.2) is 32.2 Å². The summed E-state index contributed by atoms with van der Waals surface area (Å²) < 4.78 is 46.1. The van der Waals surface area contributed by atoms with Crippen molar-refractivity contribution in [3.8, 4) is 0 Å². The van der Waals surface area contributed by atoms with Crippen molar-refractivity contribution in [3.63, 3.8) is 0 Å². The number of halogens is 5. The van der Waals surface area contributed by atoms with Gasteiger partial charge in [-0.15, -0.1) is 11.3 Å².